The Morgan fingerprint density at radius 1 is 1.36 bits per heavy atom. The third-order valence-electron chi connectivity index (χ3n) is 1.85. The highest BCUT2D eigenvalue weighted by Crippen LogP contribution is 2.23. The van der Waals surface area contributed by atoms with Gasteiger partial charge in [0.2, 0.25) is 0 Å². The standard InChI is InChI=1S/C10H10F2OS/c1-14-10-6-8(11)7(3-2-4-13)5-9(10)12/h4-6H,2-3H2,1H3. The zero-order valence-corrected chi connectivity index (χ0v) is 8.54. The number of hydrogen-bond acceptors (Lipinski definition) is 2. The van der Waals surface area contributed by atoms with Crippen LogP contribution in [-0.2, 0) is 11.2 Å². The lowest BCUT2D eigenvalue weighted by Crippen LogP contribution is -1.94. The van der Waals surface area contributed by atoms with Gasteiger partial charge < -0.3 is 4.79 Å². The molecule has 1 aromatic carbocycles. The normalized spacial score (nSPS) is 10.2. The quantitative estimate of drug-likeness (QED) is 0.568. The smallest absolute Gasteiger partial charge is 0.137 e. The van der Waals surface area contributed by atoms with Crippen molar-refractivity contribution in [3.63, 3.8) is 0 Å². The van der Waals surface area contributed by atoms with E-state index in [2.05, 4.69) is 0 Å². The molecule has 0 aliphatic rings. The van der Waals surface area contributed by atoms with Crippen molar-refractivity contribution < 1.29 is 13.6 Å². The van der Waals surface area contributed by atoms with E-state index in [1.54, 1.807) is 6.26 Å². The topological polar surface area (TPSA) is 17.1 Å². The van der Waals surface area contributed by atoms with Gasteiger partial charge in [0.15, 0.2) is 0 Å². The summed E-state index contributed by atoms with van der Waals surface area (Å²) in [5.74, 6) is -0.877. The molecule has 0 N–H and O–H groups in total. The number of halogens is 2. The predicted molar refractivity (Wildman–Crippen MR) is 52.5 cm³/mol. The molecule has 0 amide bonds. The van der Waals surface area contributed by atoms with E-state index in [1.165, 1.54) is 6.07 Å². The summed E-state index contributed by atoms with van der Waals surface area (Å²) < 4.78 is 26.4. The van der Waals surface area contributed by atoms with Crippen molar-refractivity contribution in [2.75, 3.05) is 6.26 Å². The summed E-state index contributed by atoms with van der Waals surface area (Å²) in [5.41, 5.74) is 0.257. The fraction of sp³-hybridized carbons (Fsp3) is 0.300. The molecule has 0 aromatic heterocycles. The van der Waals surface area contributed by atoms with E-state index < -0.39 is 11.6 Å². The van der Waals surface area contributed by atoms with Crippen LogP contribution in [0.1, 0.15) is 12.0 Å². The van der Waals surface area contributed by atoms with Gasteiger partial charge in [-0.25, -0.2) is 8.78 Å². The van der Waals surface area contributed by atoms with Gasteiger partial charge >= 0.3 is 0 Å². The second-order valence-electron chi connectivity index (χ2n) is 2.78. The molecule has 0 atom stereocenters. The van der Waals surface area contributed by atoms with E-state index in [4.69, 9.17) is 0 Å². The maximum absolute atomic E-state index is 13.2. The van der Waals surface area contributed by atoms with Crippen LogP contribution in [0.3, 0.4) is 0 Å². The molecule has 0 heterocycles. The molecule has 1 nitrogen and oxygen atoms in total. The molecule has 0 radical (unpaired) electrons. The Hall–Kier alpha value is -0.900. The molecule has 0 saturated carbocycles. The van der Waals surface area contributed by atoms with Gasteiger partial charge in [0.1, 0.15) is 17.9 Å². The largest absolute Gasteiger partial charge is 0.303 e. The number of carbonyl (C=O) groups excluding carboxylic acids is 1. The van der Waals surface area contributed by atoms with Gasteiger partial charge in [-0.3, -0.25) is 0 Å². The van der Waals surface area contributed by atoms with Crippen LogP contribution < -0.4 is 0 Å². The van der Waals surface area contributed by atoms with Gasteiger partial charge in [0, 0.05) is 11.3 Å². The first-order valence-corrected chi connectivity index (χ1v) is 5.37. The van der Waals surface area contributed by atoms with Crippen molar-refractivity contribution in [1.29, 1.82) is 0 Å². The second-order valence-corrected chi connectivity index (χ2v) is 3.63. The van der Waals surface area contributed by atoms with Gasteiger partial charge in [-0.2, -0.15) is 0 Å². The lowest BCUT2D eigenvalue weighted by molar-refractivity contribution is -0.107. The first-order valence-electron chi connectivity index (χ1n) is 4.14. The highest BCUT2D eigenvalue weighted by molar-refractivity contribution is 7.98. The Labute approximate surface area is 85.5 Å². The van der Waals surface area contributed by atoms with Gasteiger partial charge in [-0.15, -0.1) is 11.8 Å². The fourth-order valence-corrected chi connectivity index (χ4v) is 1.61. The molecule has 0 unspecified atom stereocenters. The van der Waals surface area contributed by atoms with E-state index in [-0.39, 0.29) is 23.3 Å². The van der Waals surface area contributed by atoms with Crippen LogP contribution >= 0.6 is 11.8 Å². The molecule has 0 aliphatic carbocycles. The van der Waals surface area contributed by atoms with E-state index in [0.717, 1.165) is 17.8 Å². The van der Waals surface area contributed by atoms with E-state index >= 15 is 0 Å². The lowest BCUT2D eigenvalue weighted by atomic mass is 10.1. The number of benzene rings is 1. The summed E-state index contributed by atoms with van der Waals surface area (Å²) >= 11 is 1.16. The van der Waals surface area contributed by atoms with Crippen molar-refractivity contribution >= 4 is 18.0 Å². The number of hydrogen-bond donors (Lipinski definition) is 0. The highest BCUT2D eigenvalue weighted by atomic mass is 32.2. The third-order valence-corrected chi connectivity index (χ3v) is 2.61. The number of rotatable bonds is 4. The van der Waals surface area contributed by atoms with Crippen molar-refractivity contribution in [2.24, 2.45) is 0 Å². The van der Waals surface area contributed by atoms with Crippen LogP contribution in [-0.4, -0.2) is 12.5 Å². The Kier molecular flexibility index (Phi) is 4.07. The Bertz CT molecular complexity index is 339. The summed E-state index contributed by atoms with van der Waals surface area (Å²) in [7, 11) is 0. The first kappa shape index (κ1) is 11.2. The third kappa shape index (κ3) is 2.54. The van der Waals surface area contributed by atoms with Crippen LogP contribution in [0, 0.1) is 11.6 Å². The fourth-order valence-electron chi connectivity index (χ4n) is 1.13. The molecule has 0 spiro atoms. The highest BCUT2D eigenvalue weighted by Gasteiger charge is 2.08. The van der Waals surface area contributed by atoms with Gasteiger partial charge in [0.05, 0.1) is 0 Å². The SMILES string of the molecule is CSc1cc(F)c(CCC=O)cc1F. The molecule has 76 valence electrons. The van der Waals surface area contributed by atoms with Crippen LogP contribution in [0.5, 0.6) is 0 Å². The molecule has 1 aromatic rings. The average Bonchev–Trinajstić information content (AvgIpc) is 2.18. The number of aldehydes is 1. The molecule has 14 heavy (non-hydrogen) atoms. The lowest BCUT2D eigenvalue weighted by Gasteiger charge is -2.04. The minimum atomic E-state index is -0.447. The molecule has 4 heteroatoms. The van der Waals surface area contributed by atoms with Crippen molar-refractivity contribution in [1.82, 2.24) is 0 Å². The zero-order chi connectivity index (χ0) is 10.6. The second kappa shape index (κ2) is 5.10. The van der Waals surface area contributed by atoms with Gasteiger partial charge in [-0.05, 0) is 30.4 Å². The Morgan fingerprint density at radius 2 is 2.07 bits per heavy atom. The summed E-state index contributed by atoms with van der Waals surface area (Å²) in [6, 6.07) is 2.32. The van der Waals surface area contributed by atoms with Crippen LogP contribution in [0.25, 0.3) is 0 Å². The minimum absolute atomic E-state index is 0.217. The summed E-state index contributed by atoms with van der Waals surface area (Å²) in [4.78, 5) is 10.4. The number of thioether (sulfide) groups is 1. The van der Waals surface area contributed by atoms with Gasteiger partial charge in [-0.1, -0.05) is 0 Å². The van der Waals surface area contributed by atoms with Crippen LogP contribution in [0.2, 0.25) is 0 Å². The number of aryl methyl sites for hydroxylation is 1. The maximum Gasteiger partial charge on any atom is 0.137 e. The van der Waals surface area contributed by atoms with Crippen molar-refractivity contribution in [3.8, 4) is 0 Å². The van der Waals surface area contributed by atoms with E-state index in [0.29, 0.717) is 6.29 Å². The molecule has 0 aliphatic heterocycles. The van der Waals surface area contributed by atoms with Crippen LogP contribution in [0.4, 0.5) is 8.78 Å². The molecule has 1 rings (SSSR count). The van der Waals surface area contributed by atoms with E-state index in [1.807, 2.05) is 0 Å². The molecule has 0 bridgehead atoms. The Morgan fingerprint density at radius 3 is 2.64 bits per heavy atom. The summed E-state index contributed by atoms with van der Waals surface area (Å²) in [6.07, 6.45) is 2.85. The minimum Gasteiger partial charge on any atom is -0.303 e. The average molecular weight is 216 g/mol. The monoisotopic (exact) mass is 216 g/mol. The molecule has 0 saturated heterocycles. The number of carbonyl (C=O) groups is 1. The summed E-state index contributed by atoms with van der Waals surface area (Å²) in [5, 5.41) is 0. The Balaban J connectivity index is 2.96. The van der Waals surface area contributed by atoms with Crippen molar-refractivity contribution in [2.45, 2.75) is 17.7 Å². The maximum atomic E-state index is 13.2. The van der Waals surface area contributed by atoms with Crippen molar-refractivity contribution in [3.05, 3.63) is 29.3 Å². The van der Waals surface area contributed by atoms with Gasteiger partial charge in [0.25, 0.3) is 0 Å². The molecule has 0 fully saturated rings. The van der Waals surface area contributed by atoms with Crippen LogP contribution in [0.15, 0.2) is 17.0 Å². The first-order chi connectivity index (χ1) is 6.69. The predicted octanol–water partition coefficient (Wildman–Crippen LogP) is 2.82. The summed E-state index contributed by atoms with van der Waals surface area (Å²) in [6.45, 7) is 0. The molecular formula is C10H10F2OS. The molecular weight excluding hydrogens is 206 g/mol. The zero-order valence-electron chi connectivity index (χ0n) is 7.72. The van der Waals surface area contributed by atoms with E-state index in [9.17, 15) is 13.6 Å².